The van der Waals surface area contributed by atoms with Gasteiger partial charge >= 0.3 is 0 Å². The van der Waals surface area contributed by atoms with Gasteiger partial charge < -0.3 is 14.8 Å². The average molecular weight is 359 g/mol. The van der Waals surface area contributed by atoms with E-state index in [9.17, 15) is 9.59 Å². The molecule has 128 valence electrons. The first-order chi connectivity index (χ1) is 12.0. The second-order valence-electron chi connectivity index (χ2n) is 5.19. The highest BCUT2D eigenvalue weighted by Crippen LogP contribution is 2.31. The van der Waals surface area contributed by atoms with Crippen LogP contribution in [0.3, 0.4) is 0 Å². The number of rotatable bonds is 5. The number of anilines is 2. The summed E-state index contributed by atoms with van der Waals surface area (Å²) in [6.45, 7) is 0. The molecule has 6 nitrogen and oxygen atoms in total. The lowest BCUT2D eigenvalue weighted by molar-refractivity contribution is -0.120. The monoisotopic (exact) mass is 358 g/mol. The fourth-order valence-electron chi connectivity index (χ4n) is 2.40. The number of ether oxygens (including phenoxy) is 2. The summed E-state index contributed by atoms with van der Waals surface area (Å²) in [6, 6.07) is 13.5. The van der Waals surface area contributed by atoms with E-state index in [1.54, 1.807) is 55.6 Å². The summed E-state index contributed by atoms with van der Waals surface area (Å²) in [6.07, 6.45) is 0. The van der Waals surface area contributed by atoms with E-state index in [1.807, 2.05) is 0 Å². The zero-order chi connectivity index (χ0) is 18.0. The first-order valence-electron chi connectivity index (χ1n) is 7.39. The van der Waals surface area contributed by atoms with Gasteiger partial charge in [-0.15, -0.1) is 0 Å². The Labute approximate surface area is 149 Å². The number of hydrogen-bond acceptors (Lipinski definition) is 5. The van der Waals surface area contributed by atoms with Crippen molar-refractivity contribution in [3.63, 3.8) is 0 Å². The Bertz CT molecular complexity index is 844. The van der Waals surface area contributed by atoms with Gasteiger partial charge in [0.1, 0.15) is 22.2 Å². The summed E-state index contributed by atoms with van der Waals surface area (Å²) in [5.41, 5.74) is 1.07. The smallest absolute Gasteiger partial charge is 0.283 e. The molecule has 1 heterocycles. The van der Waals surface area contributed by atoms with Crippen LogP contribution in [0.25, 0.3) is 0 Å². The summed E-state index contributed by atoms with van der Waals surface area (Å²) < 4.78 is 10.2. The number of imide groups is 1. The predicted octanol–water partition coefficient (Wildman–Crippen LogP) is 3.14. The van der Waals surface area contributed by atoms with E-state index in [0.717, 1.165) is 4.90 Å². The summed E-state index contributed by atoms with van der Waals surface area (Å²) in [7, 11) is 3.10. The Balaban J connectivity index is 1.85. The molecule has 0 spiro atoms. The molecule has 0 fully saturated rings. The van der Waals surface area contributed by atoms with E-state index >= 15 is 0 Å². The van der Waals surface area contributed by atoms with Crippen molar-refractivity contribution in [1.82, 2.24) is 0 Å². The van der Waals surface area contributed by atoms with Gasteiger partial charge in [-0.3, -0.25) is 9.59 Å². The number of carbonyl (C=O) groups excluding carboxylic acids is 2. The van der Waals surface area contributed by atoms with Gasteiger partial charge in [0, 0.05) is 5.69 Å². The molecule has 0 saturated heterocycles. The van der Waals surface area contributed by atoms with E-state index in [-0.39, 0.29) is 10.7 Å². The van der Waals surface area contributed by atoms with Crippen LogP contribution in [0.5, 0.6) is 11.5 Å². The maximum Gasteiger partial charge on any atom is 0.283 e. The number of nitrogens with one attached hydrogen (secondary N) is 1. The van der Waals surface area contributed by atoms with Gasteiger partial charge in [-0.2, -0.15) is 0 Å². The number of hydrogen-bond donors (Lipinski definition) is 1. The Hall–Kier alpha value is -2.99. The highest BCUT2D eigenvalue weighted by molar-refractivity contribution is 6.53. The minimum Gasteiger partial charge on any atom is -0.497 e. The number of amides is 2. The van der Waals surface area contributed by atoms with Crippen molar-refractivity contribution >= 4 is 34.8 Å². The zero-order valence-electron chi connectivity index (χ0n) is 13.6. The molecule has 2 aromatic carbocycles. The van der Waals surface area contributed by atoms with Crippen LogP contribution in [-0.2, 0) is 9.59 Å². The molecule has 7 heteroatoms. The third kappa shape index (κ3) is 3.16. The van der Waals surface area contributed by atoms with Crippen LogP contribution in [0.1, 0.15) is 0 Å². The normalized spacial score (nSPS) is 14.1. The van der Waals surface area contributed by atoms with Gasteiger partial charge in [-0.25, -0.2) is 4.90 Å². The van der Waals surface area contributed by atoms with E-state index in [4.69, 9.17) is 21.1 Å². The molecular weight excluding hydrogens is 344 g/mol. The Morgan fingerprint density at radius 2 is 1.36 bits per heavy atom. The molecule has 0 radical (unpaired) electrons. The van der Waals surface area contributed by atoms with E-state index < -0.39 is 11.8 Å². The lowest BCUT2D eigenvalue weighted by Crippen LogP contribution is -2.32. The van der Waals surface area contributed by atoms with Crippen LogP contribution in [-0.4, -0.2) is 26.0 Å². The highest BCUT2D eigenvalue weighted by Gasteiger charge is 2.38. The number of halogens is 1. The van der Waals surface area contributed by atoms with Crippen molar-refractivity contribution in [2.45, 2.75) is 0 Å². The van der Waals surface area contributed by atoms with Gasteiger partial charge in [0.05, 0.1) is 19.9 Å². The summed E-state index contributed by atoms with van der Waals surface area (Å²) in [5, 5.41) is 2.74. The molecule has 3 rings (SSSR count). The molecule has 0 aliphatic carbocycles. The van der Waals surface area contributed by atoms with E-state index in [0.29, 0.717) is 22.9 Å². The van der Waals surface area contributed by atoms with Crippen molar-refractivity contribution < 1.29 is 19.1 Å². The third-order valence-corrected chi connectivity index (χ3v) is 4.07. The molecule has 2 aromatic rings. The SMILES string of the molecule is COc1ccc(NC2=C(Cl)C(=O)N(c3ccc(OC)cc3)C2=O)cc1. The molecule has 2 amide bonds. The van der Waals surface area contributed by atoms with Gasteiger partial charge in [-0.1, -0.05) is 11.6 Å². The van der Waals surface area contributed by atoms with Crippen LogP contribution in [0.4, 0.5) is 11.4 Å². The maximum atomic E-state index is 12.7. The second-order valence-corrected chi connectivity index (χ2v) is 5.56. The van der Waals surface area contributed by atoms with Crippen molar-refractivity contribution in [3.05, 3.63) is 59.3 Å². The van der Waals surface area contributed by atoms with Crippen molar-refractivity contribution in [2.75, 3.05) is 24.4 Å². The van der Waals surface area contributed by atoms with E-state index in [2.05, 4.69) is 5.32 Å². The Kier molecular flexibility index (Phi) is 4.63. The molecule has 1 aliphatic heterocycles. The molecule has 0 bridgehead atoms. The fourth-order valence-corrected chi connectivity index (χ4v) is 2.61. The fraction of sp³-hybridized carbons (Fsp3) is 0.111. The number of nitrogens with zero attached hydrogens (tertiary/aromatic N) is 1. The van der Waals surface area contributed by atoms with Gasteiger partial charge in [0.2, 0.25) is 0 Å². The van der Waals surface area contributed by atoms with Gasteiger partial charge in [0.25, 0.3) is 11.8 Å². The van der Waals surface area contributed by atoms with E-state index in [1.165, 1.54) is 7.11 Å². The van der Waals surface area contributed by atoms with Crippen molar-refractivity contribution in [2.24, 2.45) is 0 Å². The number of carbonyl (C=O) groups is 2. The van der Waals surface area contributed by atoms with Crippen molar-refractivity contribution in [3.8, 4) is 11.5 Å². The van der Waals surface area contributed by atoms with Crippen LogP contribution >= 0.6 is 11.6 Å². The first-order valence-corrected chi connectivity index (χ1v) is 7.76. The molecule has 0 saturated carbocycles. The lowest BCUT2D eigenvalue weighted by Gasteiger charge is -2.15. The molecule has 1 N–H and O–H groups in total. The van der Waals surface area contributed by atoms with Crippen LogP contribution in [0.15, 0.2) is 59.3 Å². The second kappa shape index (κ2) is 6.86. The summed E-state index contributed by atoms with van der Waals surface area (Å²) in [4.78, 5) is 26.1. The largest absolute Gasteiger partial charge is 0.497 e. The lowest BCUT2D eigenvalue weighted by atomic mass is 10.2. The molecular formula is C18H15ClN2O4. The summed E-state index contributed by atoms with van der Waals surface area (Å²) in [5.74, 6) is 0.210. The van der Waals surface area contributed by atoms with Crippen LogP contribution < -0.4 is 19.7 Å². The standard InChI is InChI=1S/C18H15ClN2O4/c1-24-13-7-3-11(4-8-13)20-16-15(19)17(22)21(18(16)23)12-5-9-14(25-2)10-6-12/h3-10,20H,1-2H3. The molecule has 0 unspecified atom stereocenters. The minimum absolute atomic E-state index is 0.0349. The highest BCUT2D eigenvalue weighted by atomic mass is 35.5. The number of benzene rings is 2. The van der Waals surface area contributed by atoms with Crippen LogP contribution in [0.2, 0.25) is 0 Å². The molecule has 1 aliphatic rings. The quantitative estimate of drug-likeness (QED) is 0.832. The Morgan fingerprint density at radius 3 is 1.88 bits per heavy atom. The minimum atomic E-state index is -0.576. The van der Waals surface area contributed by atoms with Crippen LogP contribution in [0, 0.1) is 0 Å². The Morgan fingerprint density at radius 1 is 0.840 bits per heavy atom. The molecule has 0 atom stereocenters. The zero-order valence-corrected chi connectivity index (χ0v) is 14.3. The average Bonchev–Trinajstić information content (AvgIpc) is 2.86. The molecule has 25 heavy (non-hydrogen) atoms. The summed E-state index contributed by atoms with van der Waals surface area (Å²) >= 11 is 6.09. The van der Waals surface area contributed by atoms with Crippen molar-refractivity contribution in [1.29, 1.82) is 0 Å². The predicted molar refractivity (Wildman–Crippen MR) is 95.0 cm³/mol. The van der Waals surface area contributed by atoms with Gasteiger partial charge in [0.15, 0.2) is 0 Å². The number of methoxy groups -OCH3 is 2. The third-order valence-electron chi connectivity index (χ3n) is 3.72. The van der Waals surface area contributed by atoms with Gasteiger partial charge in [-0.05, 0) is 48.5 Å². The topological polar surface area (TPSA) is 67.9 Å². The molecule has 0 aromatic heterocycles. The first kappa shape index (κ1) is 16.9. The maximum absolute atomic E-state index is 12.7.